The van der Waals surface area contributed by atoms with E-state index in [9.17, 15) is 4.79 Å². The van der Waals surface area contributed by atoms with E-state index >= 15 is 0 Å². The number of hydrogen-bond acceptors (Lipinski definition) is 2. The third-order valence-electron chi connectivity index (χ3n) is 2.82. The lowest BCUT2D eigenvalue weighted by molar-refractivity contribution is 0.0987. The molecule has 1 aromatic heterocycles. The van der Waals surface area contributed by atoms with Crippen LogP contribution in [-0.4, -0.2) is 16.9 Å². The van der Waals surface area contributed by atoms with Gasteiger partial charge in [-0.1, -0.05) is 11.6 Å². The third kappa shape index (κ3) is 1.74. The highest BCUT2D eigenvalue weighted by atomic mass is 16.1. The van der Waals surface area contributed by atoms with Crippen LogP contribution >= 0.6 is 0 Å². The van der Waals surface area contributed by atoms with Gasteiger partial charge < -0.3 is 10.3 Å². The van der Waals surface area contributed by atoms with Gasteiger partial charge in [0.1, 0.15) is 0 Å². The minimum Gasteiger partial charge on any atom is -0.350 e. The summed E-state index contributed by atoms with van der Waals surface area (Å²) in [4.78, 5) is 11.9. The molecule has 3 nitrogen and oxygen atoms in total. The first-order valence-electron chi connectivity index (χ1n) is 5.42. The van der Waals surface area contributed by atoms with Crippen molar-refractivity contribution in [3.63, 3.8) is 0 Å². The molecule has 0 aliphatic rings. The summed E-state index contributed by atoms with van der Waals surface area (Å²) < 4.78 is 1.98. The monoisotopic (exact) mass is 216 g/mol. The minimum absolute atomic E-state index is 0.124. The molecule has 16 heavy (non-hydrogen) atoms. The molecule has 0 amide bonds. The van der Waals surface area contributed by atoms with E-state index in [1.807, 2.05) is 30.8 Å². The SMILES string of the molecule is Cc1ccc2c(c1)c(C(=O)CCN)cn2C. The van der Waals surface area contributed by atoms with Crippen molar-refractivity contribution in [2.24, 2.45) is 12.8 Å². The van der Waals surface area contributed by atoms with Crippen molar-refractivity contribution < 1.29 is 4.79 Å². The standard InChI is InChI=1S/C13H16N2O/c1-9-3-4-12-10(7-9)11(8-15(12)2)13(16)5-6-14/h3-4,7-8H,5-6,14H2,1-2H3. The average Bonchev–Trinajstić information content (AvgIpc) is 2.56. The number of aromatic nitrogens is 1. The maximum Gasteiger partial charge on any atom is 0.166 e. The number of ketones is 1. The van der Waals surface area contributed by atoms with E-state index in [4.69, 9.17) is 5.73 Å². The van der Waals surface area contributed by atoms with E-state index in [-0.39, 0.29) is 5.78 Å². The summed E-state index contributed by atoms with van der Waals surface area (Å²) in [6.07, 6.45) is 2.30. The first kappa shape index (κ1) is 10.9. The molecule has 0 spiro atoms. The molecule has 2 rings (SSSR count). The molecule has 0 fully saturated rings. The number of fused-ring (bicyclic) bond motifs is 1. The van der Waals surface area contributed by atoms with E-state index in [1.54, 1.807) is 0 Å². The zero-order valence-corrected chi connectivity index (χ0v) is 9.66. The highest BCUT2D eigenvalue weighted by Gasteiger charge is 2.12. The van der Waals surface area contributed by atoms with Crippen molar-refractivity contribution in [1.29, 1.82) is 0 Å². The van der Waals surface area contributed by atoms with Gasteiger partial charge in [-0.25, -0.2) is 0 Å². The lowest BCUT2D eigenvalue weighted by atomic mass is 10.1. The lowest BCUT2D eigenvalue weighted by Gasteiger charge is -1.98. The van der Waals surface area contributed by atoms with Crippen LogP contribution in [0.3, 0.4) is 0 Å². The number of hydrogen-bond donors (Lipinski definition) is 1. The van der Waals surface area contributed by atoms with Crippen LogP contribution in [0.2, 0.25) is 0 Å². The first-order valence-corrected chi connectivity index (χ1v) is 5.42. The van der Waals surface area contributed by atoms with Gasteiger partial charge in [0.05, 0.1) is 0 Å². The fraction of sp³-hybridized carbons (Fsp3) is 0.308. The van der Waals surface area contributed by atoms with Crippen LogP contribution in [0.4, 0.5) is 0 Å². The van der Waals surface area contributed by atoms with Crippen LogP contribution in [0.15, 0.2) is 24.4 Å². The van der Waals surface area contributed by atoms with Crippen LogP contribution in [0.5, 0.6) is 0 Å². The minimum atomic E-state index is 0.124. The van der Waals surface area contributed by atoms with E-state index in [0.717, 1.165) is 16.5 Å². The van der Waals surface area contributed by atoms with Gasteiger partial charge in [0.2, 0.25) is 0 Å². The zero-order chi connectivity index (χ0) is 11.7. The molecule has 0 unspecified atom stereocenters. The number of benzene rings is 1. The predicted octanol–water partition coefficient (Wildman–Crippen LogP) is 2.02. The number of nitrogens with two attached hydrogens (primary N) is 1. The smallest absolute Gasteiger partial charge is 0.166 e. The Morgan fingerprint density at radius 3 is 2.88 bits per heavy atom. The number of nitrogens with zero attached hydrogens (tertiary/aromatic N) is 1. The predicted molar refractivity (Wildman–Crippen MR) is 65.7 cm³/mol. The topological polar surface area (TPSA) is 48.0 Å². The van der Waals surface area contributed by atoms with E-state index in [0.29, 0.717) is 13.0 Å². The second kappa shape index (κ2) is 4.10. The van der Waals surface area contributed by atoms with Gasteiger partial charge >= 0.3 is 0 Å². The van der Waals surface area contributed by atoms with E-state index < -0.39 is 0 Å². The van der Waals surface area contributed by atoms with Crippen LogP contribution in [-0.2, 0) is 7.05 Å². The number of Topliss-reactive ketones (excluding diaryl/α,β-unsaturated/α-hetero) is 1. The normalized spacial score (nSPS) is 10.9. The molecule has 0 bridgehead atoms. The van der Waals surface area contributed by atoms with Crippen LogP contribution in [0.1, 0.15) is 22.3 Å². The molecule has 3 heteroatoms. The molecule has 0 saturated carbocycles. The highest BCUT2D eigenvalue weighted by Crippen LogP contribution is 2.22. The molecule has 2 N–H and O–H groups in total. The average molecular weight is 216 g/mol. The Balaban J connectivity index is 2.61. The summed E-state index contributed by atoms with van der Waals surface area (Å²) >= 11 is 0. The summed E-state index contributed by atoms with van der Waals surface area (Å²) in [6.45, 7) is 2.44. The molecule has 0 radical (unpaired) electrons. The number of aryl methyl sites for hydroxylation is 2. The Morgan fingerprint density at radius 1 is 1.44 bits per heavy atom. The maximum atomic E-state index is 11.9. The van der Waals surface area contributed by atoms with Crippen LogP contribution < -0.4 is 5.73 Å². The van der Waals surface area contributed by atoms with Crippen molar-refractivity contribution >= 4 is 16.7 Å². The summed E-state index contributed by atoms with van der Waals surface area (Å²) in [5.74, 6) is 0.124. The molecule has 0 saturated heterocycles. The molecule has 1 heterocycles. The van der Waals surface area contributed by atoms with Gasteiger partial charge in [-0.15, -0.1) is 0 Å². The summed E-state index contributed by atoms with van der Waals surface area (Å²) in [5.41, 5.74) is 8.46. The summed E-state index contributed by atoms with van der Waals surface area (Å²) in [7, 11) is 1.96. The second-order valence-corrected chi connectivity index (χ2v) is 4.14. The molecule has 84 valence electrons. The zero-order valence-electron chi connectivity index (χ0n) is 9.66. The van der Waals surface area contributed by atoms with Crippen molar-refractivity contribution in [1.82, 2.24) is 4.57 Å². The fourth-order valence-corrected chi connectivity index (χ4v) is 1.99. The Morgan fingerprint density at radius 2 is 2.19 bits per heavy atom. The van der Waals surface area contributed by atoms with Gasteiger partial charge in [0.15, 0.2) is 5.78 Å². The molecule has 1 aromatic carbocycles. The molecule has 0 atom stereocenters. The van der Waals surface area contributed by atoms with E-state index in [2.05, 4.69) is 12.1 Å². The Kier molecular flexibility index (Phi) is 2.79. The summed E-state index contributed by atoms with van der Waals surface area (Å²) in [5, 5.41) is 1.03. The van der Waals surface area contributed by atoms with Crippen molar-refractivity contribution in [2.75, 3.05) is 6.54 Å². The molecule has 0 aliphatic carbocycles. The van der Waals surface area contributed by atoms with Gasteiger partial charge in [-0.05, 0) is 25.6 Å². The van der Waals surface area contributed by atoms with Gasteiger partial charge in [-0.3, -0.25) is 4.79 Å². The first-order chi connectivity index (χ1) is 7.63. The highest BCUT2D eigenvalue weighted by molar-refractivity contribution is 6.08. The van der Waals surface area contributed by atoms with Crippen molar-refractivity contribution in [2.45, 2.75) is 13.3 Å². The van der Waals surface area contributed by atoms with E-state index in [1.165, 1.54) is 5.56 Å². The third-order valence-corrected chi connectivity index (χ3v) is 2.82. The van der Waals surface area contributed by atoms with Crippen molar-refractivity contribution in [3.05, 3.63) is 35.5 Å². The molecular formula is C13H16N2O. The summed E-state index contributed by atoms with van der Waals surface area (Å²) in [6, 6.07) is 6.16. The van der Waals surface area contributed by atoms with Crippen molar-refractivity contribution in [3.8, 4) is 0 Å². The lowest BCUT2D eigenvalue weighted by Crippen LogP contribution is -2.07. The fourth-order valence-electron chi connectivity index (χ4n) is 1.99. The molecule has 2 aromatic rings. The van der Waals surface area contributed by atoms with Crippen LogP contribution in [0.25, 0.3) is 10.9 Å². The quantitative estimate of drug-likeness (QED) is 0.798. The number of rotatable bonds is 3. The Hall–Kier alpha value is -1.61. The second-order valence-electron chi connectivity index (χ2n) is 4.14. The van der Waals surface area contributed by atoms with Gasteiger partial charge in [0, 0.05) is 36.1 Å². The number of carbonyl (C=O) groups is 1. The van der Waals surface area contributed by atoms with Gasteiger partial charge in [-0.2, -0.15) is 0 Å². The largest absolute Gasteiger partial charge is 0.350 e. The molecule has 0 aliphatic heterocycles. The molecular weight excluding hydrogens is 200 g/mol. The van der Waals surface area contributed by atoms with Gasteiger partial charge in [0.25, 0.3) is 0 Å². The Labute approximate surface area is 94.9 Å². The maximum absolute atomic E-state index is 11.9. The van der Waals surface area contributed by atoms with Crippen LogP contribution in [0, 0.1) is 6.92 Å². The number of carbonyl (C=O) groups excluding carboxylic acids is 1. The Bertz CT molecular complexity index is 540.